The van der Waals surface area contributed by atoms with Crippen LogP contribution in [0.3, 0.4) is 0 Å². The third kappa shape index (κ3) is 2.80. The van der Waals surface area contributed by atoms with Crippen LogP contribution in [-0.2, 0) is 9.59 Å². The molecule has 96 valence electrons. The number of nitro groups is 1. The molecule has 8 heteroatoms. The van der Waals surface area contributed by atoms with Crippen LogP contribution < -0.4 is 5.73 Å². The molecule has 0 aliphatic heterocycles. The minimum Gasteiger partial charge on any atom is -0.481 e. The van der Waals surface area contributed by atoms with Crippen molar-refractivity contribution in [2.75, 3.05) is 0 Å². The van der Waals surface area contributed by atoms with Crippen molar-refractivity contribution in [3.63, 3.8) is 0 Å². The van der Waals surface area contributed by atoms with Gasteiger partial charge in [0.2, 0.25) is 0 Å². The third-order valence-corrected chi connectivity index (χ3v) is 2.38. The van der Waals surface area contributed by atoms with Gasteiger partial charge in [0.15, 0.2) is 5.92 Å². The van der Waals surface area contributed by atoms with Gasteiger partial charge in [-0.3, -0.25) is 19.7 Å². The van der Waals surface area contributed by atoms with Crippen LogP contribution in [0.2, 0.25) is 0 Å². The van der Waals surface area contributed by atoms with E-state index in [0.717, 1.165) is 12.1 Å². The number of nitrogens with zero attached hydrogens (tertiary/aromatic N) is 1. The number of nitrogens with two attached hydrogens (primary N) is 1. The van der Waals surface area contributed by atoms with Crippen LogP contribution in [0.1, 0.15) is 11.6 Å². The van der Waals surface area contributed by atoms with E-state index in [1.165, 1.54) is 12.1 Å². The summed E-state index contributed by atoms with van der Waals surface area (Å²) >= 11 is 0. The summed E-state index contributed by atoms with van der Waals surface area (Å²) in [6, 6.07) is 3.47. The molecule has 0 bridgehead atoms. The number of aliphatic carboxylic acids is 2. The maximum atomic E-state index is 10.8. The average molecular weight is 254 g/mol. The fourth-order valence-electron chi connectivity index (χ4n) is 1.42. The first kappa shape index (κ1) is 13.6. The van der Waals surface area contributed by atoms with E-state index in [1.54, 1.807) is 0 Å². The quantitative estimate of drug-likeness (QED) is 0.391. The Labute approximate surface area is 101 Å². The fraction of sp³-hybridized carbons (Fsp3) is 0.200. The highest BCUT2D eigenvalue weighted by atomic mass is 16.6. The van der Waals surface area contributed by atoms with Crippen LogP contribution in [0.5, 0.6) is 0 Å². The van der Waals surface area contributed by atoms with Gasteiger partial charge in [-0.25, -0.2) is 0 Å². The van der Waals surface area contributed by atoms with Gasteiger partial charge in [0.1, 0.15) is 0 Å². The molecule has 0 saturated carbocycles. The number of benzene rings is 1. The van der Waals surface area contributed by atoms with Crippen LogP contribution in [-0.4, -0.2) is 27.1 Å². The number of carbonyl (C=O) groups is 2. The highest BCUT2D eigenvalue weighted by Gasteiger charge is 2.33. The Hall–Kier alpha value is -2.48. The van der Waals surface area contributed by atoms with Crippen molar-refractivity contribution >= 4 is 17.6 Å². The van der Waals surface area contributed by atoms with E-state index in [9.17, 15) is 19.7 Å². The lowest BCUT2D eigenvalue weighted by Crippen LogP contribution is -2.34. The molecule has 1 rings (SSSR count). The van der Waals surface area contributed by atoms with Crippen LogP contribution in [0.15, 0.2) is 24.3 Å². The van der Waals surface area contributed by atoms with Crippen molar-refractivity contribution in [1.29, 1.82) is 0 Å². The molecule has 0 amide bonds. The second-order valence-electron chi connectivity index (χ2n) is 3.53. The Bertz CT molecular complexity index is 470. The largest absolute Gasteiger partial charge is 0.481 e. The van der Waals surface area contributed by atoms with E-state index >= 15 is 0 Å². The molecular weight excluding hydrogens is 244 g/mol. The highest BCUT2D eigenvalue weighted by Crippen LogP contribution is 2.22. The summed E-state index contributed by atoms with van der Waals surface area (Å²) in [4.78, 5) is 31.3. The smallest absolute Gasteiger partial charge is 0.319 e. The number of carboxylic acid groups (broad SMARTS) is 2. The van der Waals surface area contributed by atoms with Gasteiger partial charge in [-0.1, -0.05) is 12.1 Å². The first-order valence-electron chi connectivity index (χ1n) is 4.80. The molecule has 1 atom stereocenters. The second-order valence-corrected chi connectivity index (χ2v) is 3.53. The number of hydrogen-bond donors (Lipinski definition) is 3. The maximum absolute atomic E-state index is 10.8. The molecule has 0 aliphatic rings. The highest BCUT2D eigenvalue weighted by molar-refractivity contribution is 5.93. The number of hydrogen-bond acceptors (Lipinski definition) is 5. The molecule has 0 fully saturated rings. The van der Waals surface area contributed by atoms with Crippen molar-refractivity contribution in [3.8, 4) is 0 Å². The zero-order valence-corrected chi connectivity index (χ0v) is 9.02. The Balaban J connectivity index is 3.02. The Morgan fingerprint density at radius 1 is 1.17 bits per heavy atom. The predicted molar refractivity (Wildman–Crippen MR) is 58.8 cm³/mol. The second kappa shape index (κ2) is 5.23. The topological polar surface area (TPSA) is 144 Å². The first-order chi connectivity index (χ1) is 8.34. The molecule has 8 nitrogen and oxygen atoms in total. The van der Waals surface area contributed by atoms with Gasteiger partial charge in [0.05, 0.1) is 11.0 Å². The van der Waals surface area contributed by atoms with E-state index < -0.39 is 28.8 Å². The van der Waals surface area contributed by atoms with Crippen LogP contribution >= 0.6 is 0 Å². The summed E-state index contributed by atoms with van der Waals surface area (Å²) in [5.74, 6) is -4.92. The Morgan fingerprint density at radius 2 is 1.61 bits per heavy atom. The SMILES string of the molecule is NC(c1ccc([N+](=O)[O-])cc1)C(C(=O)O)C(=O)O. The summed E-state index contributed by atoms with van der Waals surface area (Å²) in [7, 11) is 0. The van der Waals surface area contributed by atoms with Crippen molar-refractivity contribution in [3.05, 3.63) is 39.9 Å². The molecule has 0 radical (unpaired) electrons. The molecule has 4 N–H and O–H groups in total. The average Bonchev–Trinajstić information content (AvgIpc) is 2.28. The van der Waals surface area contributed by atoms with Gasteiger partial charge in [-0.05, 0) is 5.56 Å². The van der Waals surface area contributed by atoms with E-state index in [2.05, 4.69) is 0 Å². The lowest BCUT2D eigenvalue weighted by Gasteiger charge is -2.16. The van der Waals surface area contributed by atoms with Gasteiger partial charge >= 0.3 is 11.9 Å². The predicted octanol–water partition coefficient (Wildman–Crippen LogP) is 0.380. The van der Waals surface area contributed by atoms with E-state index in [4.69, 9.17) is 15.9 Å². The summed E-state index contributed by atoms with van der Waals surface area (Å²) in [6.45, 7) is 0. The number of rotatable bonds is 5. The fourth-order valence-corrected chi connectivity index (χ4v) is 1.42. The minimum atomic E-state index is -1.80. The van der Waals surface area contributed by atoms with E-state index in [1.807, 2.05) is 0 Å². The lowest BCUT2D eigenvalue weighted by molar-refractivity contribution is -0.384. The molecular formula is C10H10N2O6. The molecule has 0 aliphatic carbocycles. The molecule has 0 saturated heterocycles. The minimum absolute atomic E-state index is 0.187. The molecule has 18 heavy (non-hydrogen) atoms. The van der Waals surface area contributed by atoms with Crippen LogP contribution in [0, 0.1) is 16.0 Å². The van der Waals surface area contributed by atoms with Gasteiger partial charge < -0.3 is 15.9 Å². The number of non-ortho nitro benzene ring substituents is 1. The zero-order chi connectivity index (χ0) is 13.9. The molecule has 0 aromatic heterocycles. The zero-order valence-electron chi connectivity index (χ0n) is 9.02. The van der Waals surface area contributed by atoms with Crippen molar-refractivity contribution in [2.24, 2.45) is 11.7 Å². The van der Waals surface area contributed by atoms with Gasteiger partial charge in [-0.15, -0.1) is 0 Å². The summed E-state index contributed by atoms with van der Waals surface area (Å²) in [6.07, 6.45) is 0. The first-order valence-corrected chi connectivity index (χ1v) is 4.80. The van der Waals surface area contributed by atoms with Crippen molar-refractivity contribution in [1.82, 2.24) is 0 Å². The summed E-state index contributed by atoms with van der Waals surface area (Å²) in [5, 5.41) is 27.9. The van der Waals surface area contributed by atoms with E-state index in [0.29, 0.717) is 0 Å². The van der Waals surface area contributed by atoms with Crippen molar-refractivity contribution in [2.45, 2.75) is 6.04 Å². The normalized spacial score (nSPS) is 12.1. The van der Waals surface area contributed by atoms with E-state index in [-0.39, 0.29) is 11.3 Å². The third-order valence-electron chi connectivity index (χ3n) is 2.38. The van der Waals surface area contributed by atoms with Gasteiger partial charge in [-0.2, -0.15) is 0 Å². The molecule has 1 aromatic rings. The standard InChI is InChI=1S/C10H10N2O6/c11-8(7(9(13)14)10(15)16)5-1-3-6(4-2-5)12(17)18/h1-4,7-8H,11H2,(H,13,14)(H,15,16). The summed E-state index contributed by atoms with van der Waals surface area (Å²) in [5.41, 5.74) is 5.55. The molecule has 0 spiro atoms. The van der Waals surface area contributed by atoms with Gasteiger partial charge in [0.25, 0.3) is 5.69 Å². The summed E-state index contributed by atoms with van der Waals surface area (Å²) < 4.78 is 0. The van der Waals surface area contributed by atoms with Crippen LogP contribution in [0.4, 0.5) is 5.69 Å². The maximum Gasteiger partial charge on any atom is 0.319 e. The van der Waals surface area contributed by atoms with Gasteiger partial charge in [0, 0.05) is 12.1 Å². The Morgan fingerprint density at radius 3 is 1.94 bits per heavy atom. The molecule has 1 unspecified atom stereocenters. The van der Waals surface area contributed by atoms with Crippen molar-refractivity contribution < 1.29 is 24.7 Å². The monoisotopic (exact) mass is 254 g/mol. The molecule has 0 heterocycles. The lowest BCUT2D eigenvalue weighted by atomic mass is 9.94. The molecule has 1 aromatic carbocycles. The Kier molecular flexibility index (Phi) is 3.95. The number of carboxylic acids is 2. The number of nitro benzene ring substituents is 1. The van der Waals surface area contributed by atoms with Crippen LogP contribution in [0.25, 0.3) is 0 Å².